The zero-order valence-corrected chi connectivity index (χ0v) is 16.7. The van der Waals surface area contributed by atoms with Gasteiger partial charge in [0.25, 0.3) is 0 Å². The number of hydrogen-bond acceptors (Lipinski definition) is 7. The molecule has 132 valence electrons. The Morgan fingerprint density at radius 2 is 2.19 bits per heavy atom. The number of aromatic nitrogens is 3. The molecular formula is C18H16BrN5OS. The number of fused-ring (bicyclic) bond motifs is 1. The molecule has 3 heterocycles. The van der Waals surface area contributed by atoms with E-state index in [1.165, 1.54) is 11.3 Å². The fraction of sp³-hybridized carbons (Fsp3) is 0.333. The summed E-state index contributed by atoms with van der Waals surface area (Å²) in [5.41, 5.74) is 8.57. The molecule has 0 spiro atoms. The van der Waals surface area contributed by atoms with Crippen LogP contribution in [0.2, 0.25) is 0 Å². The molecule has 0 saturated heterocycles. The molecule has 0 aliphatic heterocycles. The van der Waals surface area contributed by atoms with Gasteiger partial charge in [0.15, 0.2) is 0 Å². The molecule has 0 bridgehead atoms. The Morgan fingerprint density at radius 3 is 2.92 bits per heavy atom. The first-order valence-electron chi connectivity index (χ1n) is 8.23. The summed E-state index contributed by atoms with van der Waals surface area (Å²) in [7, 11) is 0. The van der Waals surface area contributed by atoms with Crippen molar-refractivity contribution < 1.29 is 4.52 Å². The van der Waals surface area contributed by atoms with Crippen LogP contribution in [0.3, 0.4) is 0 Å². The lowest BCUT2D eigenvalue weighted by Crippen LogP contribution is -2.29. The number of nitrogens with zero attached hydrogens (tertiary/aromatic N) is 4. The van der Waals surface area contributed by atoms with Crippen LogP contribution in [-0.2, 0) is 11.8 Å². The Labute approximate surface area is 163 Å². The van der Waals surface area contributed by atoms with E-state index >= 15 is 0 Å². The van der Waals surface area contributed by atoms with E-state index in [4.69, 9.17) is 10.3 Å². The molecule has 4 rings (SSSR count). The maximum atomic E-state index is 9.58. The van der Waals surface area contributed by atoms with E-state index in [2.05, 4.69) is 44.0 Å². The maximum Gasteiger partial charge on any atom is 0.237 e. The van der Waals surface area contributed by atoms with Crippen molar-refractivity contribution in [3.8, 4) is 17.6 Å². The smallest absolute Gasteiger partial charge is 0.237 e. The number of pyridine rings is 1. The second-order valence-corrected chi connectivity index (χ2v) is 8.72. The van der Waals surface area contributed by atoms with Gasteiger partial charge in [-0.05, 0) is 45.2 Å². The summed E-state index contributed by atoms with van der Waals surface area (Å²) in [6.45, 7) is 3.96. The predicted molar refractivity (Wildman–Crippen MR) is 103 cm³/mol. The molecule has 1 atom stereocenters. The van der Waals surface area contributed by atoms with Gasteiger partial charge in [0.2, 0.25) is 11.7 Å². The second kappa shape index (κ2) is 6.18. The maximum absolute atomic E-state index is 9.58. The molecule has 1 aliphatic carbocycles. The summed E-state index contributed by atoms with van der Waals surface area (Å²) in [5, 5.41) is 14.3. The molecule has 0 fully saturated rings. The number of rotatable bonds is 2. The van der Waals surface area contributed by atoms with Crippen molar-refractivity contribution in [2.24, 2.45) is 0 Å². The van der Waals surface area contributed by atoms with Crippen LogP contribution in [-0.4, -0.2) is 15.1 Å². The van der Waals surface area contributed by atoms with Crippen molar-refractivity contribution in [1.29, 1.82) is 5.26 Å². The summed E-state index contributed by atoms with van der Waals surface area (Å²) < 4.78 is 6.56. The molecule has 26 heavy (non-hydrogen) atoms. The number of nitriles is 1. The minimum Gasteiger partial charge on any atom is -0.389 e. The highest BCUT2D eigenvalue weighted by atomic mass is 79.9. The second-order valence-electron chi connectivity index (χ2n) is 6.67. The summed E-state index contributed by atoms with van der Waals surface area (Å²) in [4.78, 5) is 10.3. The Kier molecular flexibility index (Phi) is 4.09. The number of anilines is 1. The molecule has 1 aliphatic rings. The van der Waals surface area contributed by atoms with Gasteiger partial charge in [-0.1, -0.05) is 21.1 Å². The summed E-state index contributed by atoms with van der Waals surface area (Å²) in [6.07, 6.45) is 2.74. The Bertz CT molecular complexity index is 1030. The van der Waals surface area contributed by atoms with Gasteiger partial charge in [0.05, 0.1) is 11.0 Å². The van der Waals surface area contributed by atoms with Gasteiger partial charge in [0, 0.05) is 20.6 Å². The van der Waals surface area contributed by atoms with Crippen molar-refractivity contribution in [2.75, 3.05) is 5.73 Å². The van der Waals surface area contributed by atoms with Crippen LogP contribution in [0, 0.1) is 18.3 Å². The molecule has 0 radical (unpaired) electrons. The molecule has 3 aromatic heterocycles. The first-order chi connectivity index (χ1) is 12.4. The number of thiophene rings is 1. The normalized spacial score (nSPS) is 19.2. The lowest BCUT2D eigenvalue weighted by atomic mass is 9.72. The molecule has 0 aromatic carbocycles. The molecule has 2 N–H and O–H groups in total. The third-order valence-electron chi connectivity index (χ3n) is 4.80. The third-order valence-corrected chi connectivity index (χ3v) is 6.33. The highest BCUT2D eigenvalue weighted by Crippen LogP contribution is 2.48. The third kappa shape index (κ3) is 2.63. The Hall–Kier alpha value is -2.24. The highest BCUT2D eigenvalue weighted by Gasteiger charge is 2.43. The first-order valence-corrected chi connectivity index (χ1v) is 9.84. The van der Waals surface area contributed by atoms with Gasteiger partial charge in [0.1, 0.15) is 16.8 Å². The summed E-state index contributed by atoms with van der Waals surface area (Å²) in [5.74, 6) is 0.946. The average molecular weight is 430 g/mol. The fourth-order valence-corrected chi connectivity index (χ4v) is 5.34. The van der Waals surface area contributed by atoms with Gasteiger partial charge in [-0.15, -0.1) is 11.3 Å². The SMILES string of the molecule is Cc1cc(Br)cc(-c2noc(C3(C)CCCc4sc(N)c(C#N)c43)n2)n1. The largest absolute Gasteiger partial charge is 0.389 e. The number of hydrogen-bond donors (Lipinski definition) is 1. The van der Waals surface area contributed by atoms with E-state index in [-0.39, 0.29) is 0 Å². The van der Waals surface area contributed by atoms with Crippen LogP contribution in [0.5, 0.6) is 0 Å². The molecule has 6 nitrogen and oxygen atoms in total. The van der Waals surface area contributed by atoms with Crippen molar-refractivity contribution in [3.05, 3.63) is 44.2 Å². The van der Waals surface area contributed by atoms with Gasteiger partial charge < -0.3 is 10.3 Å². The van der Waals surface area contributed by atoms with Crippen LogP contribution in [0.15, 0.2) is 21.1 Å². The monoisotopic (exact) mass is 429 g/mol. The Balaban J connectivity index is 1.83. The number of aryl methyl sites for hydroxylation is 2. The fourth-order valence-electron chi connectivity index (χ4n) is 3.60. The predicted octanol–water partition coefficient (Wildman–Crippen LogP) is 4.36. The van der Waals surface area contributed by atoms with Gasteiger partial charge in [-0.2, -0.15) is 10.2 Å². The summed E-state index contributed by atoms with van der Waals surface area (Å²) in [6, 6.07) is 6.04. The zero-order chi connectivity index (χ0) is 18.5. The van der Waals surface area contributed by atoms with Crippen molar-refractivity contribution >= 4 is 32.3 Å². The lowest BCUT2D eigenvalue weighted by Gasteiger charge is -2.30. The highest BCUT2D eigenvalue weighted by molar-refractivity contribution is 9.10. The van der Waals surface area contributed by atoms with Crippen molar-refractivity contribution in [1.82, 2.24) is 15.1 Å². The minimum absolute atomic E-state index is 0.444. The van der Waals surface area contributed by atoms with Gasteiger partial charge >= 0.3 is 0 Å². The van der Waals surface area contributed by atoms with E-state index in [1.807, 2.05) is 19.1 Å². The topological polar surface area (TPSA) is 102 Å². The van der Waals surface area contributed by atoms with Crippen molar-refractivity contribution in [2.45, 2.75) is 38.5 Å². The standard InChI is InChI=1S/C18H16BrN5OS/c1-9-6-10(19)7-12(22-9)16-23-17(25-24-16)18(2)5-3-4-13-14(18)11(8-20)15(21)26-13/h6-7H,3-5,21H2,1-2H3. The van der Waals surface area contributed by atoms with E-state index < -0.39 is 5.41 Å². The molecule has 3 aromatic rings. The molecule has 0 saturated carbocycles. The van der Waals surface area contributed by atoms with Gasteiger partial charge in [-0.3, -0.25) is 0 Å². The van der Waals surface area contributed by atoms with Crippen LogP contribution in [0.4, 0.5) is 5.00 Å². The molecule has 0 amide bonds. The number of halogens is 1. The van der Waals surface area contributed by atoms with E-state index in [0.29, 0.717) is 28.0 Å². The van der Waals surface area contributed by atoms with Crippen LogP contribution in [0.1, 0.15) is 47.4 Å². The van der Waals surface area contributed by atoms with Gasteiger partial charge in [-0.25, -0.2) is 4.98 Å². The Morgan fingerprint density at radius 1 is 1.38 bits per heavy atom. The quantitative estimate of drug-likeness (QED) is 0.648. The van der Waals surface area contributed by atoms with E-state index in [1.54, 1.807) is 0 Å². The number of nitrogen functional groups attached to an aromatic ring is 1. The van der Waals surface area contributed by atoms with Crippen LogP contribution < -0.4 is 5.73 Å². The minimum atomic E-state index is -0.515. The first kappa shape index (κ1) is 17.2. The van der Waals surface area contributed by atoms with Crippen LogP contribution >= 0.6 is 27.3 Å². The average Bonchev–Trinajstić information content (AvgIpc) is 3.19. The lowest BCUT2D eigenvalue weighted by molar-refractivity contribution is 0.300. The van der Waals surface area contributed by atoms with E-state index in [9.17, 15) is 5.26 Å². The summed E-state index contributed by atoms with van der Waals surface area (Å²) >= 11 is 4.96. The van der Waals surface area contributed by atoms with Crippen LogP contribution in [0.25, 0.3) is 11.5 Å². The van der Waals surface area contributed by atoms with Crippen molar-refractivity contribution in [3.63, 3.8) is 0 Å². The molecular weight excluding hydrogens is 414 g/mol. The number of nitrogens with two attached hydrogens (primary N) is 1. The molecule has 8 heteroatoms. The zero-order valence-electron chi connectivity index (χ0n) is 14.3. The molecule has 1 unspecified atom stereocenters. The van der Waals surface area contributed by atoms with E-state index in [0.717, 1.165) is 39.9 Å².